The van der Waals surface area contributed by atoms with Gasteiger partial charge >= 0.3 is 0 Å². The van der Waals surface area contributed by atoms with Gasteiger partial charge in [0.1, 0.15) is 12.4 Å². The summed E-state index contributed by atoms with van der Waals surface area (Å²) >= 11 is 0. The minimum atomic E-state index is 0.0425. The van der Waals surface area contributed by atoms with Crippen LogP contribution >= 0.6 is 0 Å². The molecule has 4 rings (SSSR count). The van der Waals surface area contributed by atoms with Gasteiger partial charge in [0.05, 0.1) is 5.56 Å². The molecule has 1 N–H and O–H groups in total. The summed E-state index contributed by atoms with van der Waals surface area (Å²) in [6.45, 7) is 4.08. The monoisotopic (exact) mass is 367 g/mol. The number of rotatable bonds is 7. The van der Waals surface area contributed by atoms with Crippen molar-refractivity contribution >= 4 is 11.6 Å². The second-order valence-electron chi connectivity index (χ2n) is 7.69. The topological polar surface area (TPSA) is 48.6 Å². The zero-order valence-corrected chi connectivity index (χ0v) is 16.1. The third-order valence-corrected chi connectivity index (χ3v) is 5.93. The molecule has 0 radical (unpaired) electrons. The molecule has 2 aromatic rings. The van der Waals surface area contributed by atoms with Gasteiger partial charge in [-0.2, -0.15) is 0 Å². The van der Waals surface area contributed by atoms with Crippen molar-refractivity contribution in [3.8, 4) is 5.75 Å². The Morgan fingerprint density at radius 3 is 2.56 bits per heavy atom. The molecule has 5 nitrogen and oxygen atoms in total. The lowest BCUT2D eigenvalue weighted by Gasteiger charge is -2.26. The minimum Gasteiger partial charge on any atom is -0.492 e. The molecule has 2 aliphatic rings. The Morgan fingerprint density at radius 2 is 1.89 bits per heavy atom. The fourth-order valence-corrected chi connectivity index (χ4v) is 3.97. The van der Waals surface area contributed by atoms with E-state index in [0.29, 0.717) is 12.5 Å². The van der Waals surface area contributed by atoms with Crippen molar-refractivity contribution in [1.82, 2.24) is 9.88 Å². The van der Waals surface area contributed by atoms with E-state index in [9.17, 15) is 4.79 Å². The summed E-state index contributed by atoms with van der Waals surface area (Å²) in [4.78, 5) is 20.4. The van der Waals surface area contributed by atoms with Crippen LogP contribution in [0.5, 0.6) is 5.75 Å². The van der Waals surface area contributed by atoms with Crippen molar-refractivity contribution in [2.45, 2.75) is 38.0 Å². The fourth-order valence-electron chi connectivity index (χ4n) is 3.97. The zero-order valence-electron chi connectivity index (χ0n) is 16.1. The average molecular weight is 367 g/mol. The smallest absolute Gasteiger partial charge is 0.259 e. The highest BCUT2D eigenvalue weighted by molar-refractivity contribution is 6.06. The number of ether oxygens (including phenoxy) is 1. The number of aromatic amines is 1. The number of nitrogens with one attached hydrogen (secondary N) is 1. The number of benzene rings is 1. The highest BCUT2D eigenvalue weighted by Crippen LogP contribution is 2.37. The molecule has 2 fully saturated rings. The van der Waals surface area contributed by atoms with Gasteiger partial charge in [-0.15, -0.1) is 0 Å². The van der Waals surface area contributed by atoms with Crippen LogP contribution in [0, 0.1) is 0 Å². The maximum Gasteiger partial charge on any atom is 0.259 e. The normalized spacial score (nSPS) is 17.7. The predicted molar refractivity (Wildman–Crippen MR) is 108 cm³/mol. The molecule has 2 heterocycles. The van der Waals surface area contributed by atoms with Crippen LogP contribution in [-0.2, 0) is 0 Å². The summed E-state index contributed by atoms with van der Waals surface area (Å²) in [5.74, 6) is 1.41. The largest absolute Gasteiger partial charge is 0.492 e. The van der Waals surface area contributed by atoms with Gasteiger partial charge in [-0.1, -0.05) is 6.42 Å². The van der Waals surface area contributed by atoms with Crippen LogP contribution in [0.3, 0.4) is 0 Å². The molecule has 0 unspecified atom stereocenters. The first-order valence-electron chi connectivity index (χ1n) is 10.1. The van der Waals surface area contributed by atoms with E-state index in [1.807, 2.05) is 43.6 Å². The summed E-state index contributed by atoms with van der Waals surface area (Å²) in [6.07, 6.45) is 8.09. The lowest BCUT2D eigenvalue weighted by atomic mass is 9.81. The van der Waals surface area contributed by atoms with Crippen molar-refractivity contribution in [2.75, 3.05) is 38.2 Å². The third-order valence-electron chi connectivity index (χ3n) is 5.93. The highest BCUT2D eigenvalue weighted by atomic mass is 16.5. The maximum absolute atomic E-state index is 12.9. The van der Waals surface area contributed by atoms with Crippen LogP contribution in [0.4, 0.5) is 5.69 Å². The van der Waals surface area contributed by atoms with Gasteiger partial charge in [-0.05, 0) is 75.0 Å². The second kappa shape index (κ2) is 8.17. The lowest BCUT2D eigenvalue weighted by molar-refractivity contribution is 0.0991. The molecular weight excluding hydrogens is 338 g/mol. The van der Waals surface area contributed by atoms with Crippen LogP contribution in [-0.4, -0.2) is 49.1 Å². The van der Waals surface area contributed by atoms with Crippen molar-refractivity contribution in [3.05, 3.63) is 47.8 Å². The average Bonchev–Trinajstić information content (AvgIpc) is 3.32. The third kappa shape index (κ3) is 4.03. The fraction of sp³-hybridized carbons (Fsp3) is 0.500. The summed E-state index contributed by atoms with van der Waals surface area (Å²) in [5.41, 5.74) is 2.78. The van der Waals surface area contributed by atoms with Crippen molar-refractivity contribution in [3.63, 3.8) is 0 Å². The number of carbonyl (C=O) groups excluding carboxylic acids is 1. The van der Waals surface area contributed by atoms with Gasteiger partial charge in [-0.25, -0.2) is 0 Å². The van der Waals surface area contributed by atoms with Crippen LogP contribution < -0.4 is 9.64 Å². The Hall–Kier alpha value is -2.27. The van der Waals surface area contributed by atoms with Crippen LogP contribution in [0.2, 0.25) is 0 Å². The lowest BCUT2D eigenvalue weighted by Crippen LogP contribution is -2.27. The summed E-state index contributed by atoms with van der Waals surface area (Å²) in [5, 5.41) is 0. The molecule has 5 heteroatoms. The number of likely N-dealkylation sites (tertiary alicyclic amines) is 1. The standard InChI is InChI=1S/C22H29N3O2/c1-24(22(26)20-11-12-23-21(20)17-5-4-6-17)18-7-9-19(10-8-18)27-16-15-25-13-2-3-14-25/h7-12,17,23H,2-6,13-16H2,1H3. The molecule has 1 aromatic carbocycles. The molecule has 1 amide bonds. The minimum absolute atomic E-state index is 0.0425. The molecule has 1 aromatic heterocycles. The number of aromatic nitrogens is 1. The molecule has 0 bridgehead atoms. The molecule has 27 heavy (non-hydrogen) atoms. The van der Waals surface area contributed by atoms with Crippen molar-refractivity contribution < 1.29 is 9.53 Å². The maximum atomic E-state index is 12.9. The number of anilines is 1. The van der Waals surface area contributed by atoms with Crippen LogP contribution in [0.1, 0.15) is 54.1 Å². The Kier molecular flexibility index (Phi) is 5.48. The second-order valence-corrected chi connectivity index (χ2v) is 7.69. The first-order chi connectivity index (χ1) is 13.2. The van der Waals surface area contributed by atoms with E-state index in [-0.39, 0.29) is 5.91 Å². The van der Waals surface area contributed by atoms with Gasteiger partial charge < -0.3 is 14.6 Å². The Bertz CT molecular complexity index is 758. The molecule has 1 aliphatic carbocycles. The quantitative estimate of drug-likeness (QED) is 0.804. The van der Waals surface area contributed by atoms with E-state index >= 15 is 0 Å². The Labute approximate surface area is 161 Å². The van der Waals surface area contributed by atoms with E-state index in [2.05, 4.69) is 9.88 Å². The summed E-state index contributed by atoms with van der Waals surface area (Å²) in [7, 11) is 1.84. The number of hydrogen-bond donors (Lipinski definition) is 1. The van der Waals surface area contributed by atoms with Crippen molar-refractivity contribution in [1.29, 1.82) is 0 Å². The van der Waals surface area contributed by atoms with E-state index < -0.39 is 0 Å². The summed E-state index contributed by atoms with van der Waals surface area (Å²) in [6, 6.07) is 9.72. The highest BCUT2D eigenvalue weighted by Gasteiger charge is 2.27. The molecule has 1 aliphatic heterocycles. The van der Waals surface area contributed by atoms with E-state index in [0.717, 1.165) is 29.2 Å². The summed E-state index contributed by atoms with van der Waals surface area (Å²) < 4.78 is 5.86. The van der Waals surface area contributed by atoms with E-state index in [1.165, 1.54) is 45.2 Å². The van der Waals surface area contributed by atoms with E-state index in [4.69, 9.17) is 4.74 Å². The SMILES string of the molecule is CN(C(=O)c1cc[nH]c1C1CCC1)c1ccc(OCCN2CCCC2)cc1. The number of amides is 1. The van der Waals surface area contributed by atoms with Gasteiger partial charge in [0.25, 0.3) is 5.91 Å². The van der Waals surface area contributed by atoms with Gasteiger partial charge in [0.2, 0.25) is 0 Å². The number of nitrogens with zero attached hydrogens (tertiary/aromatic N) is 2. The molecule has 1 saturated carbocycles. The molecule has 0 atom stereocenters. The molecule has 1 saturated heterocycles. The Balaban J connectivity index is 1.35. The van der Waals surface area contributed by atoms with E-state index in [1.54, 1.807) is 4.90 Å². The van der Waals surface area contributed by atoms with Gasteiger partial charge in [0.15, 0.2) is 0 Å². The first kappa shape index (κ1) is 18.1. The molecular formula is C22H29N3O2. The molecule has 0 spiro atoms. The van der Waals surface area contributed by atoms with Gasteiger partial charge in [-0.3, -0.25) is 9.69 Å². The molecule has 144 valence electrons. The first-order valence-corrected chi connectivity index (χ1v) is 10.1. The zero-order chi connectivity index (χ0) is 18.6. The van der Waals surface area contributed by atoms with Gasteiger partial charge in [0, 0.05) is 31.2 Å². The van der Waals surface area contributed by atoms with Crippen molar-refractivity contribution in [2.24, 2.45) is 0 Å². The number of carbonyl (C=O) groups is 1. The number of H-pyrrole nitrogens is 1. The predicted octanol–water partition coefficient (Wildman–Crippen LogP) is 4.03. The van der Waals surface area contributed by atoms with Crippen LogP contribution in [0.25, 0.3) is 0 Å². The number of hydrogen-bond acceptors (Lipinski definition) is 3. The Morgan fingerprint density at radius 1 is 1.15 bits per heavy atom. The van der Waals surface area contributed by atoms with Crippen LogP contribution in [0.15, 0.2) is 36.5 Å².